The van der Waals surface area contributed by atoms with Crippen molar-refractivity contribution in [1.82, 2.24) is 24.6 Å². The summed E-state index contributed by atoms with van der Waals surface area (Å²) in [5.41, 5.74) is 3.52. The van der Waals surface area contributed by atoms with Crippen molar-refractivity contribution in [3.8, 4) is 5.69 Å². The molecular weight excluding hydrogens is 370 g/mol. The van der Waals surface area contributed by atoms with Gasteiger partial charge in [0.1, 0.15) is 6.33 Å². The summed E-state index contributed by atoms with van der Waals surface area (Å²) in [5.74, 6) is 0.599. The molecule has 2 aromatic rings. The van der Waals surface area contributed by atoms with Gasteiger partial charge in [-0.25, -0.2) is 0 Å². The predicted molar refractivity (Wildman–Crippen MR) is 114 cm³/mol. The smallest absolute Gasteiger partial charge is 0.233 e. The fourth-order valence-electron chi connectivity index (χ4n) is 3.62. The third kappa shape index (κ3) is 5.14. The van der Waals surface area contributed by atoms with Crippen molar-refractivity contribution in [1.29, 1.82) is 0 Å². The fourth-order valence-corrected chi connectivity index (χ4v) is 4.43. The van der Waals surface area contributed by atoms with Crippen LogP contribution in [0.1, 0.15) is 36.8 Å². The van der Waals surface area contributed by atoms with Gasteiger partial charge in [0.05, 0.1) is 5.75 Å². The molecule has 1 saturated carbocycles. The summed E-state index contributed by atoms with van der Waals surface area (Å²) in [6, 6.07) is 6.70. The summed E-state index contributed by atoms with van der Waals surface area (Å²) in [6.07, 6.45) is 6.43. The molecule has 0 spiro atoms. The summed E-state index contributed by atoms with van der Waals surface area (Å²) in [5, 5.41) is 9.08. The zero-order valence-electron chi connectivity index (χ0n) is 17.4. The lowest BCUT2D eigenvalue weighted by molar-refractivity contribution is -0.130. The Morgan fingerprint density at radius 2 is 1.93 bits per heavy atom. The van der Waals surface area contributed by atoms with E-state index in [1.54, 1.807) is 6.33 Å². The van der Waals surface area contributed by atoms with Crippen LogP contribution in [0.3, 0.4) is 0 Å². The van der Waals surface area contributed by atoms with Gasteiger partial charge in [0, 0.05) is 24.8 Å². The van der Waals surface area contributed by atoms with Crippen molar-refractivity contribution in [2.45, 2.75) is 50.7 Å². The van der Waals surface area contributed by atoms with E-state index in [0.717, 1.165) is 36.8 Å². The lowest BCUT2D eigenvalue weighted by Gasteiger charge is -2.30. The van der Waals surface area contributed by atoms with Crippen molar-refractivity contribution in [2.24, 2.45) is 0 Å². The number of amides is 1. The van der Waals surface area contributed by atoms with E-state index in [2.05, 4.69) is 66.1 Å². The Morgan fingerprint density at radius 1 is 1.18 bits per heavy atom. The number of hydrogen-bond donors (Lipinski definition) is 0. The van der Waals surface area contributed by atoms with Crippen molar-refractivity contribution in [2.75, 3.05) is 32.9 Å². The van der Waals surface area contributed by atoms with Crippen LogP contribution in [0.15, 0.2) is 29.7 Å². The van der Waals surface area contributed by atoms with Crippen molar-refractivity contribution >= 4 is 17.7 Å². The minimum Gasteiger partial charge on any atom is -0.338 e. The monoisotopic (exact) mass is 401 g/mol. The molecule has 0 radical (unpaired) electrons. The summed E-state index contributed by atoms with van der Waals surface area (Å²) >= 11 is 1.47. The number of nitrogens with zero attached hydrogens (tertiary/aromatic N) is 5. The number of rotatable bonds is 8. The molecule has 0 N–H and O–H groups in total. The third-order valence-electron chi connectivity index (χ3n) is 5.48. The van der Waals surface area contributed by atoms with Crippen LogP contribution in [0.4, 0.5) is 0 Å². The Morgan fingerprint density at radius 3 is 2.61 bits per heavy atom. The van der Waals surface area contributed by atoms with Gasteiger partial charge in [-0.2, -0.15) is 0 Å². The molecule has 152 valence electrons. The molecule has 0 unspecified atom stereocenters. The van der Waals surface area contributed by atoms with Gasteiger partial charge in [-0.1, -0.05) is 30.7 Å². The normalized spacial score (nSPS) is 14.8. The highest BCUT2D eigenvalue weighted by molar-refractivity contribution is 7.99. The number of hydrogen-bond acceptors (Lipinski definition) is 5. The highest BCUT2D eigenvalue weighted by Gasteiger charge is 2.26. The molecule has 1 heterocycles. The number of aryl methyl sites for hydroxylation is 2. The first-order chi connectivity index (χ1) is 13.5. The molecule has 1 aromatic heterocycles. The second kappa shape index (κ2) is 9.56. The van der Waals surface area contributed by atoms with E-state index < -0.39 is 0 Å². The molecular formula is C21H31N5OS. The van der Waals surface area contributed by atoms with Crippen LogP contribution in [0.2, 0.25) is 0 Å². The van der Waals surface area contributed by atoms with Crippen LogP contribution in [0, 0.1) is 13.8 Å². The minimum absolute atomic E-state index is 0.202. The highest BCUT2D eigenvalue weighted by Crippen LogP contribution is 2.26. The van der Waals surface area contributed by atoms with Gasteiger partial charge in [0.15, 0.2) is 5.16 Å². The molecule has 0 aliphatic heterocycles. The second-order valence-electron chi connectivity index (χ2n) is 7.87. The van der Waals surface area contributed by atoms with Gasteiger partial charge in [-0.15, -0.1) is 10.2 Å². The molecule has 6 nitrogen and oxygen atoms in total. The maximum atomic E-state index is 13.0. The van der Waals surface area contributed by atoms with Crippen molar-refractivity contribution in [3.63, 3.8) is 0 Å². The van der Waals surface area contributed by atoms with E-state index in [1.165, 1.54) is 35.7 Å². The Balaban J connectivity index is 1.67. The molecule has 0 bridgehead atoms. The lowest BCUT2D eigenvalue weighted by Crippen LogP contribution is -2.43. The minimum atomic E-state index is 0.202. The van der Waals surface area contributed by atoms with Gasteiger partial charge >= 0.3 is 0 Å². The number of likely N-dealkylation sites (N-methyl/N-ethyl adjacent to an activating group) is 1. The number of thioether (sulfide) groups is 1. The molecule has 1 aliphatic carbocycles. The van der Waals surface area contributed by atoms with Crippen molar-refractivity contribution in [3.05, 3.63) is 35.7 Å². The molecule has 1 fully saturated rings. The van der Waals surface area contributed by atoms with Crippen LogP contribution < -0.4 is 0 Å². The molecule has 28 heavy (non-hydrogen) atoms. The summed E-state index contributed by atoms with van der Waals surface area (Å²) in [4.78, 5) is 17.2. The van der Waals surface area contributed by atoms with E-state index in [9.17, 15) is 4.79 Å². The van der Waals surface area contributed by atoms with Gasteiger partial charge < -0.3 is 9.80 Å². The van der Waals surface area contributed by atoms with E-state index >= 15 is 0 Å². The first kappa shape index (κ1) is 20.9. The Bertz CT molecular complexity index is 798. The van der Waals surface area contributed by atoms with E-state index in [1.807, 2.05) is 4.57 Å². The molecule has 0 atom stereocenters. The molecule has 1 aromatic carbocycles. The van der Waals surface area contributed by atoms with Crippen LogP contribution in [-0.4, -0.2) is 69.5 Å². The zero-order valence-corrected chi connectivity index (χ0v) is 18.2. The maximum absolute atomic E-state index is 13.0. The summed E-state index contributed by atoms with van der Waals surface area (Å²) in [7, 11) is 4.11. The SMILES string of the molecule is Cc1ccc(-n2cnnc2SCC(=O)N(CCN(C)C)C2CCCC2)cc1C. The standard InChI is InChI=1S/C21H31N5OS/c1-16-9-10-19(13-17(16)2)26-15-22-23-21(26)28-14-20(27)25(12-11-24(3)4)18-7-5-6-8-18/h9-10,13,15,18H,5-8,11-12,14H2,1-4H3. The van der Waals surface area contributed by atoms with Gasteiger partial charge in [-0.05, 0) is 64.0 Å². The number of carbonyl (C=O) groups excluding carboxylic acids is 1. The van der Waals surface area contributed by atoms with Gasteiger partial charge in [0.2, 0.25) is 5.91 Å². The van der Waals surface area contributed by atoms with Gasteiger partial charge in [-0.3, -0.25) is 9.36 Å². The largest absolute Gasteiger partial charge is 0.338 e. The summed E-state index contributed by atoms with van der Waals surface area (Å²) < 4.78 is 1.96. The quantitative estimate of drug-likeness (QED) is 0.635. The highest BCUT2D eigenvalue weighted by atomic mass is 32.2. The number of aromatic nitrogens is 3. The Kier molecular flexibility index (Phi) is 7.13. The molecule has 3 rings (SSSR count). The Hall–Kier alpha value is -1.86. The van der Waals surface area contributed by atoms with E-state index in [4.69, 9.17) is 0 Å². The lowest BCUT2D eigenvalue weighted by atomic mass is 10.1. The average molecular weight is 402 g/mol. The maximum Gasteiger partial charge on any atom is 0.233 e. The van der Waals surface area contributed by atoms with Crippen molar-refractivity contribution < 1.29 is 4.79 Å². The first-order valence-corrected chi connectivity index (χ1v) is 11.0. The Labute approximate surface area is 172 Å². The number of benzene rings is 1. The van der Waals surface area contributed by atoms with Gasteiger partial charge in [0.25, 0.3) is 0 Å². The average Bonchev–Trinajstić information content (AvgIpc) is 3.34. The topological polar surface area (TPSA) is 54.3 Å². The van der Waals surface area contributed by atoms with Crippen LogP contribution in [-0.2, 0) is 4.79 Å². The second-order valence-corrected chi connectivity index (χ2v) is 8.81. The molecule has 0 saturated heterocycles. The van der Waals surface area contributed by atoms with Crippen LogP contribution >= 0.6 is 11.8 Å². The first-order valence-electron chi connectivity index (χ1n) is 10.0. The summed E-state index contributed by atoms with van der Waals surface area (Å²) in [6.45, 7) is 5.89. The fraction of sp³-hybridized carbons (Fsp3) is 0.571. The molecule has 1 amide bonds. The predicted octanol–water partition coefficient (Wildman–Crippen LogP) is 3.31. The van der Waals surface area contributed by atoms with Crippen LogP contribution in [0.5, 0.6) is 0 Å². The zero-order chi connectivity index (χ0) is 20.1. The van der Waals surface area contributed by atoms with E-state index in [-0.39, 0.29) is 5.91 Å². The third-order valence-corrected chi connectivity index (χ3v) is 6.41. The number of carbonyl (C=O) groups is 1. The molecule has 7 heteroatoms. The molecule has 1 aliphatic rings. The van der Waals surface area contributed by atoms with Crippen LogP contribution in [0.25, 0.3) is 5.69 Å². The van der Waals surface area contributed by atoms with E-state index in [0.29, 0.717) is 11.8 Å².